The quantitative estimate of drug-likeness (QED) is 0.423. The normalized spacial score (nSPS) is 10.2. The number of nitrogens with two attached hydrogens (primary N) is 1. The topological polar surface area (TPSA) is 93.5 Å². The number of nitrogens with one attached hydrogen (secondary N) is 2. The Labute approximate surface area is 193 Å². The zero-order valence-corrected chi connectivity index (χ0v) is 18.8. The number of primary amides is 1. The van der Waals surface area contributed by atoms with Gasteiger partial charge in [0.05, 0.1) is 11.1 Å². The van der Waals surface area contributed by atoms with Crippen molar-refractivity contribution in [3.8, 4) is 5.75 Å². The fourth-order valence-electron chi connectivity index (χ4n) is 2.74. The monoisotopic (exact) mass is 497 g/mol. The van der Waals surface area contributed by atoms with E-state index in [0.29, 0.717) is 33.6 Å². The molecular weight excluding hydrogens is 478 g/mol. The largest absolute Gasteiger partial charge is 0.492 e. The average Bonchev–Trinajstić information content (AvgIpc) is 2.76. The van der Waals surface area contributed by atoms with Crippen molar-refractivity contribution in [1.29, 1.82) is 0 Å². The van der Waals surface area contributed by atoms with Crippen LogP contribution in [0.15, 0.2) is 77.3 Å². The van der Waals surface area contributed by atoms with E-state index < -0.39 is 5.91 Å². The number of halogens is 1. The fourth-order valence-corrected chi connectivity index (χ4v) is 3.44. The summed E-state index contributed by atoms with van der Waals surface area (Å²) in [6.45, 7) is 0.525. The molecule has 0 aliphatic heterocycles. The molecule has 0 aliphatic carbocycles. The Balaban J connectivity index is 1.53. The minimum atomic E-state index is -0.513. The van der Waals surface area contributed by atoms with Gasteiger partial charge in [0.25, 0.3) is 5.91 Å². The van der Waals surface area contributed by atoms with Crippen LogP contribution in [0.3, 0.4) is 0 Å². The van der Waals surface area contributed by atoms with Gasteiger partial charge in [-0.25, -0.2) is 0 Å². The van der Waals surface area contributed by atoms with E-state index in [-0.39, 0.29) is 11.0 Å². The molecule has 0 saturated heterocycles. The first-order chi connectivity index (χ1) is 14.9. The van der Waals surface area contributed by atoms with Crippen LogP contribution in [0.2, 0.25) is 0 Å². The van der Waals surface area contributed by atoms with E-state index in [4.69, 9.17) is 22.7 Å². The maximum Gasteiger partial charge on any atom is 0.257 e. The van der Waals surface area contributed by atoms with Gasteiger partial charge in [-0.3, -0.25) is 14.9 Å². The second-order valence-corrected chi connectivity index (χ2v) is 7.84. The molecule has 0 saturated carbocycles. The number of rotatable bonds is 7. The molecule has 0 bridgehead atoms. The third-order valence-corrected chi connectivity index (χ3v) is 5.16. The lowest BCUT2D eigenvalue weighted by Crippen LogP contribution is -2.34. The Kier molecular flexibility index (Phi) is 7.75. The lowest BCUT2D eigenvalue weighted by atomic mass is 10.2. The van der Waals surface area contributed by atoms with Crippen LogP contribution in [-0.4, -0.2) is 23.5 Å². The third kappa shape index (κ3) is 6.63. The minimum Gasteiger partial charge on any atom is -0.492 e. The molecule has 3 aromatic rings. The number of benzene rings is 3. The molecule has 8 heteroatoms. The first-order valence-corrected chi connectivity index (χ1v) is 10.6. The molecule has 4 N–H and O–H groups in total. The van der Waals surface area contributed by atoms with E-state index in [1.165, 1.54) is 5.56 Å². The van der Waals surface area contributed by atoms with Gasteiger partial charge in [0.15, 0.2) is 5.11 Å². The molecule has 3 rings (SSSR count). The molecule has 0 atom stereocenters. The highest BCUT2D eigenvalue weighted by atomic mass is 79.9. The molecule has 3 aromatic carbocycles. The molecule has 2 amide bonds. The number of ether oxygens (including phenoxy) is 1. The molecule has 31 heavy (non-hydrogen) atoms. The van der Waals surface area contributed by atoms with Crippen molar-refractivity contribution in [3.63, 3.8) is 0 Å². The van der Waals surface area contributed by atoms with Gasteiger partial charge in [0, 0.05) is 23.2 Å². The highest BCUT2D eigenvalue weighted by Gasteiger charge is 2.11. The molecule has 158 valence electrons. The van der Waals surface area contributed by atoms with Crippen LogP contribution in [0, 0.1) is 0 Å². The number of hydrogen-bond acceptors (Lipinski definition) is 4. The summed E-state index contributed by atoms with van der Waals surface area (Å²) in [4.78, 5) is 23.6. The third-order valence-electron chi connectivity index (χ3n) is 4.34. The Morgan fingerprint density at radius 2 is 1.65 bits per heavy atom. The van der Waals surface area contributed by atoms with Gasteiger partial charge in [-0.2, -0.15) is 0 Å². The number of amides is 2. The van der Waals surface area contributed by atoms with E-state index in [0.717, 1.165) is 6.42 Å². The van der Waals surface area contributed by atoms with Crippen molar-refractivity contribution >= 4 is 50.8 Å². The molecule has 0 heterocycles. The van der Waals surface area contributed by atoms with Crippen molar-refractivity contribution in [2.45, 2.75) is 6.42 Å². The summed E-state index contributed by atoms with van der Waals surface area (Å²) in [7, 11) is 0. The predicted molar refractivity (Wildman–Crippen MR) is 128 cm³/mol. The van der Waals surface area contributed by atoms with Crippen LogP contribution >= 0.6 is 28.1 Å². The Morgan fingerprint density at radius 3 is 2.29 bits per heavy atom. The lowest BCUT2D eigenvalue weighted by Gasteiger charge is -2.12. The summed E-state index contributed by atoms with van der Waals surface area (Å²) < 4.78 is 6.49. The van der Waals surface area contributed by atoms with E-state index in [2.05, 4.69) is 38.7 Å². The van der Waals surface area contributed by atoms with Gasteiger partial charge in [-0.1, -0.05) is 30.3 Å². The Morgan fingerprint density at radius 1 is 0.968 bits per heavy atom. The fraction of sp³-hybridized carbons (Fsp3) is 0.0870. The van der Waals surface area contributed by atoms with Crippen molar-refractivity contribution < 1.29 is 14.3 Å². The molecule has 0 aromatic heterocycles. The number of carbonyl (C=O) groups excluding carboxylic acids is 2. The van der Waals surface area contributed by atoms with Crippen LogP contribution in [-0.2, 0) is 6.42 Å². The van der Waals surface area contributed by atoms with Crippen LogP contribution in [0.1, 0.15) is 26.3 Å². The van der Waals surface area contributed by atoms with E-state index in [1.54, 1.807) is 42.5 Å². The van der Waals surface area contributed by atoms with Crippen molar-refractivity contribution in [1.82, 2.24) is 5.32 Å². The summed E-state index contributed by atoms with van der Waals surface area (Å²) in [5.41, 5.74) is 7.85. The van der Waals surface area contributed by atoms with Crippen molar-refractivity contribution in [2.75, 3.05) is 11.9 Å². The first kappa shape index (κ1) is 22.5. The molecule has 0 aliphatic rings. The zero-order chi connectivity index (χ0) is 22.2. The van der Waals surface area contributed by atoms with Crippen molar-refractivity contribution in [3.05, 3.63) is 94.0 Å². The smallest absolute Gasteiger partial charge is 0.257 e. The Hall–Kier alpha value is -3.23. The van der Waals surface area contributed by atoms with Crippen LogP contribution in [0.25, 0.3) is 0 Å². The molecule has 6 nitrogen and oxygen atoms in total. The molecule has 0 unspecified atom stereocenters. The van der Waals surface area contributed by atoms with Gasteiger partial charge in [0.2, 0.25) is 5.91 Å². The van der Waals surface area contributed by atoms with Gasteiger partial charge < -0.3 is 15.8 Å². The summed E-state index contributed by atoms with van der Waals surface area (Å²) >= 11 is 8.64. The molecule has 0 radical (unpaired) electrons. The maximum atomic E-state index is 12.5. The second-order valence-electron chi connectivity index (χ2n) is 6.58. The molecule has 0 fully saturated rings. The van der Waals surface area contributed by atoms with Crippen LogP contribution < -0.4 is 21.1 Å². The highest BCUT2D eigenvalue weighted by molar-refractivity contribution is 9.10. The standard InChI is InChI=1S/C23H20BrN3O3S/c24-19-14-17(8-11-20(19)30-13-12-15-4-2-1-3-5-15)22(29)27-23(31)26-18-9-6-16(7-10-18)21(25)28/h1-11,14H,12-13H2,(H2,25,28)(H2,26,27,29,31). The number of anilines is 1. The summed E-state index contributed by atoms with van der Waals surface area (Å²) in [5.74, 6) is -0.217. The predicted octanol–water partition coefficient (Wildman–Crippen LogP) is 4.30. The second kappa shape index (κ2) is 10.7. The zero-order valence-electron chi connectivity index (χ0n) is 16.4. The lowest BCUT2D eigenvalue weighted by molar-refractivity contribution is 0.0975. The summed E-state index contributed by atoms with van der Waals surface area (Å²) in [5, 5.41) is 5.65. The van der Waals surface area contributed by atoms with E-state index >= 15 is 0 Å². The SMILES string of the molecule is NC(=O)c1ccc(NC(=S)NC(=O)c2ccc(OCCc3ccccc3)c(Br)c2)cc1. The van der Waals surface area contributed by atoms with Crippen LogP contribution in [0.5, 0.6) is 5.75 Å². The van der Waals surface area contributed by atoms with Gasteiger partial charge in [-0.15, -0.1) is 0 Å². The van der Waals surface area contributed by atoms with Gasteiger partial charge in [-0.05, 0) is 76.2 Å². The number of carbonyl (C=O) groups is 2. The minimum absolute atomic E-state index is 0.135. The summed E-state index contributed by atoms with van der Waals surface area (Å²) in [6.07, 6.45) is 0.788. The first-order valence-electron chi connectivity index (χ1n) is 9.41. The van der Waals surface area contributed by atoms with Crippen LogP contribution in [0.4, 0.5) is 5.69 Å². The average molecular weight is 498 g/mol. The highest BCUT2D eigenvalue weighted by Crippen LogP contribution is 2.26. The molecule has 0 spiro atoms. The van der Waals surface area contributed by atoms with Gasteiger partial charge in [0.1, 0.15) is 5.75 Å². The Bertz CT molecular complexity index is 1090. The van der Waals surface area contributed by atoms with Crippen molar-refractivity contribution in [2.24, 2.45) is 5.73 Å². The number of thiocarbonyl (C=S) groups is 1. The van der Waals surface area contributed by atoms with E-state index in [1.807, 2.05) is 18.2 Å². The number of hydrogen-bond donors (Lipinski definition) is 3. The van der Waals surface area contributed by atoms with Gasteiger partial charge >= 0.3 is 0 Å². The molecular formula is C23H20BrN3O3S. The summed E-state index contributed by atoms with van der Waals surface area (Å²) in [6, 6.07) is 21.6. The van der Waals surface area contributed by atoms with E-state index in [9.17, 15) is 9.59 Å². The maximum absolute atomic E-state index is 12.5.